The molecule has 0 bridgehead atoms. The standard InChI is InChI=1S/C72H54N4/c1-7-19-61(20-8-1)73(62-21-9-2-10-22-62)67-43-31-55(32-44-67)57-35-47-69(48-36-57)75(65-27-15-5-16-28-65)71-51-39-59(40-52-71)60-41-53-72(54-42-60)76(66-29-17-6-18-30-66)70-49-37-58(38-50-70)56-33-45-68(46-34-56)74(63-23-11-3-12-24-63)64-25-13-4-14-26-64/h1-54H. The van der Waals surface area contributed by atoms with Crippen molar-refractivity contribution in [3.05, 3.63) is 328 Å². The molecule has 0 aromatic heterocycles. The van der Waals surface area contributed by atoms with Crippen LogP contribution < -0.4 is 19.6 Å². The van der Waals surface area contributed by atoms with Crippen molar-refractivity contribution >= 4 is 68.2 Å². The Morgan fingerprint density at radius 1 is 0.105 bits per heavy atom. The zero-order valence-corrected chi connectivity index (χ0v) is 42.0. The van der Waals surface area contributed by atoms with Gasteiger partial charge in [-0.2, -0.15) is 0 Å². The maximum atomic E-state index is 2.32. The van der Waals surface area contributed by atoms with Gasteiger partial charge in [0, 0.05) is 68.2 Å². The van der Waals surface area contributed by atoms with E-state index in [2.05, 4.69) is 347 Å². The summed E-state index contributed by atoms with van der Waals surface area (Å²) in [6.07, 6.45) is 0. The first-order chi connectivity index (χ1) is 37.7. The Labute approximate surface area is 446 Å². The van der Waals surface area contributed by atoms with Crippen molar-refractivity contribution < 1.29 is 0 Å². The molecule has 0 N–H and O–H groups in total. The summed E-state index contributed by atoms with van der Waals surface area (Å²) in [5, 5.41) is 0. The van der Waals surface area contributed by atoms with E-state index in [1.165, 1.54) is 0 Å². The van der Waals surface area contributed by atoms with Crippen molar-refractivity contribution in [1.82, 2.24) is 0 Å². The lowest BCUT2D eigenvalue weighted by Crippen LogP contribution is -2.10. The summed E-state index contributed by atoms with van der Waals surface area (Å²) in [5.74, 6) is 0. The van der Waals surface area contributed by atoms with Crippen molar-refractivity contribution in [3.8, 4) is 33.4 Å². The third-order valence-corrected chi connectivity index (χ3v) is 13.8. The van der Waals surface area contributed by atoms with Crippen molar-refractivity contribution in [1.29, 1.82) is 0 Å². The summed E-state index contributed by atoms with van der Waals surface area (Å²) in [6, 6.07) is 117. The summed E-state index contributed by atoms with van der Waals surface area (Å²) >= 11 is 0. The zero-order valence-electron chi connectivity index (χ0n) is 42.0. The van der Waals surface area contributed by atoms with E-state index in [1.807, 2.05) is 0 Å². The van der Waals surface area contributed by atoms with Gasteiger partial charge in [0.2, 0.25) is 0 Å². The number of anilines is 12. The van der Waals surface area contributed by atoms with Crippen molar-refractivity contribution in [2.45, 2.75) is 0 Å². The van der Waals surface area contributed by atoms with E-state index in [4.69, 9.17) is 0 Å². The van der Waals surface area contributed by atoms with Gasteiger partial charge >= 0.3 is 0 Å². The molecule has 0 aliphatic rings. The number of rotatable bonds is 15. The van der Waals surface area contributed by atoms with Crippen LogP contribution in [0, 0.1) is 0 Å². The van der Waals surface area contributed by atoms with E-state index in [-0.39, 0.29) is 0 Å². The number of hydrogen-bond donors (Lipinski definition) is 0. The average Bonchev–Trinajstić information content (AvgIpc) is 3.51. The molecule has 0 amide bonds. The van der Waals surface area contributed by atoms with Gasteiger partial charge in [0.05, 0.1) is 0 Å². The van der Waals surface area contributed by atoms with Gasteiger partial charge in [0.25, 0.3) is 0 Å². The van der Waals surface area contributed by atoms with Gasteiger partial charge in [0.15, 0.2) is 0 Å². The SMILES string of the molecule is c1ccc(N(c2ccccc2)c2ccc(-c3ccc(N(c4ccccc4)c4ccc(-c5ccc(N(c6ccccc6)c6ccc(-c7ccc(N(c8ccccc8)c8ccccc8)cc7)cc6)cc5)cc4)cc3)cc2)cc1. The van der Waals surface area contributed by atoms with Gasteiger partial charge in [-0.1, -0.05) is 182 Å². The van der Waals surface area contributed by atoms with Crippen LogP contribution in [0.2, 0.25) is 0 Å². The van der Waals surface area contributed by atoms with Crippen LogP contribution in [-0.4, -0.2) is 0 Å². The van der Waals surface area contributed by atoms with Gasteiger partial charge in [0.1, 0.15) is 0 Å². The molecule has 362 valence electrons. The fraction of sp³-hybridized carbons (Fsp3) is 0. The Bertz CT molecular complexity index is 3390. The molecule has 76 heavy (non-hydrogen) atoms. The van der Waals surface area contributed by atoms with Crippen molar-refractivity contribution in [2.24, 2.45) is 0 Å². The molecule has 12 aromatic rings. The number of benzene rings is 12. The zero-order chi connectivity index (χ0) is 50.9. The van der Waals surface area contributed by atoms with E-state index in [9.17, 15) is 0 Å². The van der Waals surface area contributed by atoms with E-state index in [0.29, 0.717) is 0 Å². The minimum absolute atomic E-state index is 1.08. The van der Waals surface area contributed by atoms with Gasteiger partial charge in [-0.3, -0.25) is 0 Å². The van der Waals surface area contributed by atoms with Crippen LogP contribution in [0.25, 0.3) is 33.4 Å². The highest BCUT2D eigenvalue weighted by atomic mass is 15.2. The maximum absolute atomic E-state index is 2.32. The van der Waals surface area contributed by atoms with Crippen LogP contribution in [0.1, 0.15) is 0 Å². The summed E-state index contributed by atoms with van der Waals surface area (Å²) in [4.78, 5) is 9.22. The van der Waals surface area contributed by atoms with E-state index in [0.717, 1.165) is 102 Å². The largest absolute Gasteiger partial charge is 0.311 e. The Kier molecular flexibility index (Phi) is 13.5. The molecule has 0 saturated heterocycles. The average molecular weight is 975 g/mol. The van der Waals surface area contributed by atoms with Crippen molar-refractivity contribution in [3.63, 3.8) is 0 Å². The van der Waals surface area contributed by atoms with E-state index < -0.39 is 0 Å². The second kappa shape index (κ2) is 21.9. The molecule has 0 aliphatic carbocycles. The van der Waals surface area contributed by atoms with Crippen LogP contribution in [0.3, 0.4) is 0 Å². The minimum atomic E-state index is 1.08. The van der Waals surface area contributed by atoms with Gasteiger partial charge in [-0.05, 0) is 179 Å². The number of hydrogen-bond acceptors (Lipinski definition) is 4. The fourth-order valence-corrected chi connectivity index (χ4v) is 10.1. The number of nitrogens with zero attached hydrogens (tertiary/aromatic N) is 4. The smallest absolute Gasteiger partial charge is 0.0462 e. The first kappa shape index (κ1) is 46.9. The molecule has 12 rings (SSSR count). The highest BCUT2D eigenvalue weighted by molar-refractivity contribution is 5.84. The highest BCUT2D eigenvalue weighted by Crippen LogP contribution is 2.41. The lowest BCUT2D eigenvalue weighted by atomic mass is 10.0. The van der Waals surface area contributed by atoms with Crippen LogP contribution in [0.4, 0.5) is 68.2 Å². The first-order valence-electron chi connectivity index (χ1n) is 25.8. The quantitative estimate of drug-likeness (QED) is 0.101. The molecular formula is C72H54N4. The van der Waals surface area contributed by atoms with Crippen LogP contribution in [0.5, 0.6) is 0 Å². The summed E-state index contributed by atoms with van der Waals surface area (Å²) in [5.41, 5.74) is 20.2. The minimum Gasteiger partial charge on any atom is -0.311 e. The predicted molar refractivity (Wildman–Crippen MR) is 321 cm³/mol. The Morgan fingerprint density at radius 2 is 0.211 bits per heavy atom. The molecule has 0 unspecified atom stereocenters. The monoisotopic (exact) mass is 974 g/mol. The molecule has 0 spiro atoms. The Morgan fingerprint density at radius 3 is 0.329 bits per heavy atom. The molecule has 4 heteroatoms. The third-order valence-electron chi connectivity index (χ3n) is 13.8. The molecule has 0 atom stereocenters. The van der Waals surface area contributed by atoms with Gasteiger partial charge in [-0.15, -0.1) is 0 Å². The lowest BCUT2D eigenvalue weighted by molar-refractivity contribution is 1.28. The molecule has 0 saturated carbocycles. The van der Waals surface area contributed by atoms with E-state index in [1.54, 1.807) is 0 Å². The highest BCUT2D eigenvalue weighted by Gasteiger charge is 2.18. The van der Waals surface area contributed by atoms with Gasteiger partial charge < -0.3 is 19.6 Å². The molecule has 0 aliphatic heterocycles. The second-order valence-corrected chi connectivity index (χ2v) is 18.6. The van der Waals surface area contributed by atoms with Gasteiger partial charge in [-0.25, -0.2) is 0 Å². The molecule has 0 radical (unpaired) electrons. The maximum Gasteiger partial charge on any atom is 0.0462 e. The first-order valence-corrected chi connectivity index (χ1v) is 25.8. The molecule has 4 nitrogen and oxygen atoms in total. The predicted octanol–water partition coefficient (Wildman–Crippen LogP) is 20.6. The normalized spacial score (nSPS) is 10.9. The molecule has 12 aromatic carbocycles. The molecule has 0 heterocycles. The lowest BCUT2D eigenvalue weighted by Gasteiger charge is -2.26. The molecular weight excluding hydrogens is 921 g/mol. The van der Waals surface area contributed by atoms with Crippen LogP contribution in [0.15, 0.2) is 328 Å². The van der Waals surface area contributed by atoms with E-state index >= 15 is 0 Å². The Hall–Kier alpha value is -10.2. The second-order valence-electron chi connectivity index (χ2n) is 18.6. The number of para-hydroxylation sites is 6. The topological polar surface area (TPSA) is 13.0 Å². The summed E-state index contributed by atoms with van der Waals surface area (Å²) in [6.45, 7) is 0. The van der Waals surface area contributed by atoms with Crippen LogP contribution >= 0.6 is 0 Å². The third kappa shape index (κ3) is 10.1. The van der Waals surface area contributed by atoms with Crippen LogP contribution in [-0.2, 0) is 0 Å². The summed E-state index contributed by atoms with van der Waals surface area (Å²) < 4.78 is 0. The van der Waals surface area contributed by atoms with Crippen molar-refractivity contribution in [2.75, 3.05) is 19.6 Å². The Balaban J connectivity index is 0.772. The summed E-state index contributed by atoms with van der Waals surface area (Å²) in [7, 11) is 0. The molecule has 0 fully saturated rings. The fourth-order valence-electron chi connectivity index (χ4n) is 10.1.